The monoisotopic (exact) mass is 622 g/mol. The fraction of sp³-hybridized carbons (Fsp3) is 0.743. The minimum absolute atomic E-state index is 0.00545. The minimum atomic E-state index is -1.65. The maximum Gasteiger partial charge on any atom is 0.373 e. The van der Waals surface area contributed by atoms with Crippen LogP contribution in [0.1, 0.15) is 74.7 Å². The third-order valence-corrected chi connectivity index (χ3v) is 9.60. The molecular weight excluding hydrogens is 564 g/mol. The van der Waals surface area contributed by atoms with Gasteiger partial charge in [0.25, 0.3) is 0 Å². The maximum absolute atomic E-state index is 13.5. The van der Waals surface area contributed by atoms with Crippen LogP contribution >= 0.6 is 0 Å². The number of allylic oxidation sites excluding steroid dienone is 5. The molecule has 0 bridgehead atoms. The number of aliphatic hydroxyl groups is 3. The summed E-state index contributed by atoms with van der Waals surface area (Å²) in [5, 5.41) is 34.4. The Hall–Kier alpha value is -2.01. The second-order valence-electron chi connectivity index (χ2n) is 13.0. The Morgan fingerprint density at radius 1 is 1.11 bits per heavy atom. The summed E-state index contributed by atoms with van der Waals surface area (Å²) >= 11 is 0. The summed E-state index contributed by atoms with van der Waals surface area (Å²) in [5.41, 5.74) is 1.81. The molecule has 44 heavy (non-hydrogen) atoms. The number of carbonyl (C=O) groups is 1. The van der Waals surface area contributed by atoms with E-state index >= 15 is 0 Å². The number of hydrogen-bond acceptors (Lipinski definition) is 9. The topological polar surface area (TPSA) is 124 Å². The van der Waals surface area contributed by atoms with Crippen LogP contribution in [0.2, 0.25) is 0 Å². The van der Waals surface area contributed by atoms with E-state index in [-0.39, 0.29) is 42.1 Å². The number of methoxy groups -OCH3 is 3. The van der Waals surface area contributed by atoms with Crippen molar-refractivity contribution in [1.82, 2.24) is 0 Å². The van der Waals surface area contributed by atoms with Crippen LogP contribution in [-0.4, -0.2) is 85.0 Å². The van der Waals surface area contributed by atoms with E-state index in [0.29, 0.717) is 12.8 Å². The molecule has 2 rings (SSSR count). The van der Waals surface area contributed by atoms with Gasteiger partial charge < -0.3 is 39.0 Å². The van der Waals surface area contributed by atoms with Crippen molar-refractivity contribution in [1.29, 1.82) is 0 Å². The van der Waals surface area contributed by atoms with Crippen LogP contribution in [0, 0.1) is 29.6 Å². The zero-order valence-corrected chi connectivity index (χ0v) is 28.7. The molecule has 0 unspecified atom stereocenters. The number of esters is 1. The van der Waals surface area contributed by atoms with E-state index in [9.17, 15) is 20.1 Å². The number of aliphatic hydroxyl groups excluding tert-OH is 2. The first-order valence-electron chi connectivity index (χ1n) is 15.9. The molecule has 0 aromatic carbocycles. The molecule has 2 aliphatic heterocycles. The Labute approximate surface area is 264 Å². The molecule has 9 heteroatoms. The molecule has 0 amide bonds. The number of hydrogen-bond donors (Lipinski definition) is 3. The second-order valence-corrected chi connectivity index (χ2v) is 13.0. The van der Waals surface area contributed by atoms with Gasteiger partial charge in [0.1, 0.15) is 12.2 Å². The van der Waals surface area contributed by atoms with E-state index in [1.807, 2.05) is 59.8 Å². The predicted molar refractivity (Wildman–Crippen MR) is 170 cm³/mol. The molecule has 0 saturated carbocycles. The zero-order chi connectivity index (χ0) is 33.4. The first-order chi connectivity index (χ1) is 20.6. The fourth-order valence-corrected chi connectivity index (χ4v) is 6.58. The van der Waals surface area contributed by atoms with Crippen molar-refractivity contribution in [3.8, 4) is 0 Å². The van der Waals surface area contributed by atoms with Crippen LogP contribution in [0.15, 0.2) is 47.3 Å². The van der Waals surface area contributed by atoms with Crippen molar-refractivity contribution in [2.75, 3.05) is 21.3 Å². The quantitative estimate of drug-likeness (QED) is 0.317. The number of cyclic esters (lactones) is 1. The lowest BCUT2D eigenvalue weighted by atomic mass is 9.77. The zero-order valence-electron chi connectivity index (χ0n) is 28.7. The van der Waals surface area contributed by atoms with Gasteiger partial charge in [-0.25, -0.2) is 4.79 Å². The van der Waals surface area contributed by atoms with Crippen molar-refractivity contribution in [2.24, 2.45) is 29.6 Å². The molecule has 0 aromatic rings. The standard InChI is InChI=1S/C35H58O9/c1-12-27-24(6)30(42-11)19-35(39,44-27)26(8)32(37)25(7)33-28(40-9)15-13-14-20(2)16-22(4)31(36)23(5)17-21(3)18-29(41-10)34(38)43-33/h13-15,17-18,22-28,30-33,36-37,39H,12,16,19H2,1-11H3/b15-13+,20-14+,21-17+,29-18-/t22-,23-,24-,25+,26+,27-,28-,30-,31+,32-,33-,35-/m0/s1. The van der Waals surface area contributed by atoms with Gasteiger partial charge in [0.15, 0.2) is 5.79 Å². The Kier molecular flexibility index (Phi) is 14.8. The molecule has 2 aliphatic rings. The second kappa shape index (κ2) is 17.1. The van der Waals surface area contributed by atoms with Crippen LogP contribution in [0.25, 0.3) is 0 Å². The van der Waals surface area contributed by atoms with Crippen LogP contribution in [0.3, 0.4) is 0 Å². The van der Waals surface area contributed by atoms with Gasteiger partial charge in [0, 0.05) is 44.3 Å². The van der Waals surface area contributed by atoms with Crippen LogP contribution in [-0.2, 0) is 28.5 Å². The van der Waals surface area contributed by atoms with E-state index < -0.39 is 48.0 Å². The van der Waals surface area contributed by atoms with Gasteiger partial charge in [0.2, 0.25) is 5.76 Å². The lowest BCUT2D eigenvalue weighted by molar-refractivity contribution is -0.324. The van der Waals surface area contributed by atoms with Crippen LogP contribution in [0.5, 0.6) is 0 Å². The van der Waals surface area contributed by atoms with Crippen molar-refractivity contribution in [3.63, 3.8) is 0 Å². The van der Waals surface area contributed by atoms with Crippen molar-refractivity contribution >= 4 is 5.97 Å². The molecule has 0 aliphatic carbocycles. The van der Waals surface area contributed by atoms with Gasteiger partial charge in [-0.05, 0) is 38.7 Å². The van der Waals surface area contributed by atoms with Gasteiger partial charge in [-0.1, -0.05) is 77.0 Å². The Balaban J connectivity index is 2.52. The summed E-state index contributed by atoms with van der Waals surface area (Å²) < 4.78 is 29.2. The summed E-state index contributed by atoms with van der Waals surface area (Å²) in [4.78, 5) is 13.5. The molecule has 1 saturated heterocycles. The minimum Gasteiger partial charge on any atom is -0.490 e. The first-order valence-corrected chi connectivity index (χ1v) is 15.9. The SMILES string of the molecule is CC[C@@H]1O[C@](O)([C@H](C)[C@@H](O)[C@@H](C)[C@@H]2OC(=O)/C(OC)=C/C(C)=C/[C@H](C)[C@H](O)[C@@H](C)C/C(C)=C/C=C/[C@@H]2OC)C[C@H](OC)[C@H]1C. The van der Waals surface area contributed by atoms with Crippen molar-refractivity contribution < 1.29 is 43.8 Å². The molecule has 2 heterocycles. The molecule has 252 valence electrons. The average molecular weight is 623 g/mol. The summed E-state index contributed by atoms with van der Waals surface area (Å²) in [6.07, 6.45) is 6.76. The molecular formula is C35H58O9. The number of carbonyl (C=O) groups excluding carboxylic acids is 1. The summed E-state index contributed by atoms with van der Waals surface area (Å²) in [7, 11) is 4.53. The lowest BCUT2D eigenvalue weighted by Crippen LogP contribution is -2.58. The molecule has 0 spiro atoms. The molecule has 3 N–H and O–H groups in total. The van der Waals surface area contributed by atoms with Crippen LogP contribution in [0.4, 0.5) is 0 Å². The van der Waals surface area contributed by atoms with E-state index in [1.54, 1.807) is 33.1 Å². The van der Waals surface area contributed by atoms with Crippen molar-refractivity contribution in [3.05, 3.63) is 47.3 Å². The van der Waals surface area contributed by atoms with Gasteiger partial charge in [-0.2, -0.15) is 0 Å². The molecule has 1 fully saturated rings. The van der Waals surface area contributed by atoms with Crippen LogP contribution < -0.4 is 0 Å². The summed E-state index contributed by atoms with van der Waals surface area (Å²) in [6, 6.07) is 0. The Morgan fingerprint density at radius 2 is 1.77 bits per heavy atom. The smallest absolute Gasteiger partial charge is 0.373 e. The average Bonchev–Trinajstić information content (AvgIpc) is 2.99. The highest BCUT2D eigenvalue weighted by atomic mass is 16.6. The highest BCUT2D eigenvalue weighted by Crippen LogP contribution is 2.41. The molecule has 12 atom stereocenters. The molecule has 0 radical (unpaired) electrons. The maximum atomic E-state index is 13.5. The highest BCUT2D eigenvalue weighted by Gasteiger charge is 2.51. The van der Waals surface area contributed by atoms with E-state index in [1.165, 1.54) is 14.2 Å². The largest absolute Gasteiger partial charge is 0.490 e. The summed E-state index contributed by atoms with van der Waals surface area (Å²) in [5.74, 6) is -3.92. The van der Waals surface area contributed by atoms with E-state index in [4.69, 9.17) is 23.7 Å². The van der Waals surface area contributed by atoms with Gasteiger partial charge in [0.05, 0.1) is 31.5 Å². The molecule has 9 nitrogen and oxygen atoms in total. The van der Waals surface area contributed by atoms with Gasteiger partial charge in [-0.15, -0.1) is 0 Å². The van der Waals surface area contributed by atoms with Crippen molar-refractivity contribution in [2.45, 2.75) is 117 Å². The first kappa shape index (κ1) is 38.2. The third kappa shape index (κ3) is 9.50. The third-order valence-electron chi connectivity index (χ3n) is 9.60. The predicted octanol–water partition coefficient (Wildman–Crippen LogP) is 5.10. The number of ether oxygens (including phenoxy) is 5. The van der Waals surface area contributed by atoms with E-state index in [2.05, 4.69) is 0 Å². The Morgan fingerprint density at radius 3 is 2.34 bits per heavy atom. The number of rotatable bonds is 8. The lowest BCUT2D eigenvalue weighted by Gasteiger charge is -2.49. The highest BCUT2D eigenvalue weighted by molar-refractivity contribution is 5.87. The Bertz CT molecular complexity index is 1030. The normalized spacial score (nSPS) is 41.0. The van der Waals surface area contributed by atoms with Gasteiger partial charge >= 0.3 is 5.97 Å². The summed E-state index contributed by atoms with van der Waals surface area (Å²) in [6.45, 7) is 15.3. The van der Waals surface area contributed by atoms with E-state index in [0.717, 1.165) is 11.1 Å². The fourth-order valence-electron chi connectivity index (χ4n) is 6.58. The van der Waals surface area contributed by atoms with Gasteiger partial charge in [-0.3, -0.25) is 0 Å². The molecule has 0 aromatic heterocycles.